The number of hydrogen-bond donors (Lipinski definition) is 1. The van der Waals surface area contributed by atoms with Gasteiger partial charge in [0.1, 0.15) is 0 Å². The summed E-state index contributed by atoms with van der Waals surface area (Å²) in [4.78, 5) is 2.42. The van der Waals surface area contributed by atoms with E-state index in [4.69, 9.17) is 0 Å². The molecule has 0 radical (unpaired) electrons. The molecule has 0 amide bonds. The molecule has 0 spiro atoms. The molecule has 0 bridgehead atoms. The van der Waals surface area contributed by atoms with E-state index in [1.165, 1.54) is 5.69 Å². The van der Waals surface area contributed by atoms with Crippen molar-refractivity contribution in [1.82, 2.24) is 0 Å². The van der Waals surface area contributed by atoms with Crippen LogP contribution < -0.4 is 4.90 Å². The van der Waals surface area contributed by atoms with E-state index in [9.17, 15) is 5.11 Å². The first-order valence-electron chi connectivity index (χ1n) is 6.21. The first kappa shape index (κ1) is 12.9. The molecule has 94 valence electrons. The number of anilines is 1. The minimum absolute atomic E-state index is 0.406. The lowest BCUT2D eigenvalue weighted by Crippen LogP contribution is -2.20. The smallest absolute Gasteiger partial charge is 0.0762 e. The predicted molar refractivity (Wildman–Crippen MR) is 75.3 cm³/mol. The van der Waals surface area contributed by atoms with Gasteiger partial charge in [0, 0.05) is 17.6 Å². The van der Waals surface area contributed by atoms with Gasteiger partial charge in [-0.2, -0.15) is 0 Å². The molecule has 3 atom stereocenters. The van der Waals surface area contributed by atoms with Crippen molar-refractivity contribution in [1.29, 1.82) is 0 Å². The fourth-order valence-corrected chi connectivity index (χ4v) is 3.01. The van der Waals surface area contributed by atoms with Crippen molar-refractivity contribution in [2.45, 2.75) is 26.9 Å². The molecule has 0 aromatic heterocycles. The third-order valence-electron chi connectivity index (χ3n) is 3.78. The molecule has 0 aliphatic carbocycles. The minimum atomic E-state index is -0.406. The Morgan fingerprint density at radius 3 is 2.35 bits per heavy atom. The fraction of sp³-hybridized carbons (Fsp3) is 0.571. The Morgan fingerprint density at radius 1 is 1.29 bits per heavy atom. The van der Waals surface area contributed by atoms with E-state index in [1.807, 2.05) is 12.1 Å². The first-order valence-corrected chi connectivity index (χ1v) is 7.00. The van der Waals surface area contributed by atoms with E-state index in [0.717, 1.165) is 35.0 Å². The Morgan fingerprint density at radius 2 is 1.88 bits per heavy atom. The molecule has 2 nitrogen and oxygen atoms in total. The molecular weight excluding hydrogens is 278 g/mol. The third-order valence-corrected chi connectivity index (χ3v) is 4.42. The van der Waals surface area contributed by atoms with Gasteiger partial charge < -0.3 is 10.0 Å². The van der Waals surface area contributed by atoms with E-state index < -0.39 is 6.10 Å². The van der Waals surface area contributed by atoms with Gasteiger partial charge in [-0.15, -0.1) is 0 Å². The summed E-state index contributed by atoms with van der Waals surface area (Å²) in [5, 5.41) is 9.55. The molecule has 1 heterocycles. The molecule has 1 aliphatic heterocycles. The van der Waals surface area contributed by atoms with Crippen molar-refractivity contribution in [3.63, 3.8) is 0 Å². The van der Waals surface area contributed by atoms with Gasteiger partial charge in [0.2, 0.25) is 0 Å². The van der Waals surface area contributed by atoms with Crippen LogP contribution in [0.5, 0.6) is 0 Å². The topological polar surface area (TPSA) is 23.5 Å². The average Bonchev–Trinajstić information content (AvgIpc) is 2.58. The van der Waals surface area contributed by atoms with Crippen molar-refractivity contribution >= 4 is 21.6 Å². The Balaban J connectivity index is 2.23. The summed E-state index contributed by atoms with van der Waals surface area (Å²) in [5.74, 6) is 1.50. The van der Waals surface area contributed by atoms with Gasteiger partial charge in [-0.1, -0.05) is 19.9 Å². The normalized spacial score (nSPS) is 26.3. The van der Waals surface area contributed by atoms with Crippen molar-refractivity contribution < 1.29 is 5.11 Å². The quantitative estimate of drug-likeness (QED) is 0.902. The van der Waals surface area contributed by atoms with Crippen LogP contribution >= 0.6 is 15.9 Å². The molecule has 1 aliphatic rings. The Labute approximate surface area is 112 Å². The number of nitrogens with zero attached hydrogens (tertiary/aromatic N) is 1. The molecule has 1 aromatic carbocycles. The number of benzene rings is 1. The summed E-state index contributed by atoms with van der Waals surface area (Å²) in [6, 6.07) is 6.14. The number of hydrogen-bond acceptors (Lipinski definition) is 2. The zero-order chi connectivity index (χ0) is 12.6. The van der Waals surface area contributed by atoms with Crippen LogP contribution in [0.2, 0.25) is 0 Å². The van der Waals surface area contributed by atoms with Gasteiger partial charge >= 0.3 is 0 Å². The first-order chi connectivity index (χ1) is 7.99. The molecule has 1 saturated heterocycles. The zero-order valence-electron chi connectivity index (χ0n) is 10.7. The van der Waals surface area contributed by atoms with Crippen molar-refractivity contribution in [3.8, 4) is 0 Å². The number of rotatable bonds is 2. The summed E-state index contributed by atoms with van der Waals surface area (Å²) in [6.07, 6.45) is -0.406. The molecule has 1 aromatic rings. The highest BCUT2D eigenvalue weighted by molar-refractivity contribution is 9.10. The second-order valence-corrected chi connectivity index (χ2v) is 6.10. The predicted octanol–water partition coefficient (Wildman–Crippen LogP) is 3.59. The van der Waals surface area contributed by atoms with Gasteiger partial charge in [0.15, 0.2) is 0 Å². The van der Waals surface area contributed by atoms with Crippen molar-refractivity contribution in [2.75, 3.05) is 18.0 Å². The molecule has 1 N–H and O–H groups in total. The maximum absolute atomic E-state index is 9.55. The van der Waals surface area contributed by atoms with Gasteiger partial charge in [0.05, 0.1) is 11.8 Å². The van der Waals surface area contributed by atoms with Crippen LogP contribution in [0.15, 0.2) is 22.7 Å². The van der Waals surface area contributed by atoms with Gasteiger partial charge in [-0.3, -0.25) is 0 Å². The molecule has 17 heavy (non-hydrogen) atoms. The van der Waals surface area contributed by atoms with Crippen LogP contribution in [0.3, 0.4) is 0 Å². The third kappa shape index (κ3) is 2.66. The molecule has 2 unspecified atom stereocenters. The maximum Gasteiger partial charge on any atom is 0.0762 e. The lowest BCUT2D eigenvalue weighted by molar-refractivity contribution is 0.199. The summed E-state index contributed by atoms with van der Waals surface area (Å²) in [6.45, 7) is 8.65. The zero-order valence-corrected chi connectivity index (χ0v) is 12.2. The largest absolute Gasteiger partial charge is 0.389 e. The summed E-state index contributed by atoms with van der Waals surface area (Å²) in [5.41, 5.74) is 2.20. The van der Waals surface area contributed by atoms with E-state index in [0.29, 0.717) is 0 Å². The van der Waals surface area contributed by atoms with Gasteiger partial charge in [0.25, 0.3) is 0 Å². The van der Waals surface area contributed by atoms with Crippen LogP contribution in [0.4, 0.5) is 5.69 Å². The fourth-order valence-electron chi connectivity index (χ4n) is 2.37. The van der Waals surface area contributed by atoms with Crippen molar-refractivity contribution in [2.24, 2.45) is 11.8 Å². The number of halogens is 1. The Bertz CT molecular complexity index is 395. The standard InChI is InChI=1S/C14H20BrNO/c1-9-7-16(8-10(9)2)14-5-4-12(11(3)17)6-13(14)15/h4-6,9-11,17H,7-8H2,1-3H3/t9?,10?,11-/m0/s1. The molecule has 2 rings (SSSR count). The summed E-state index contributed by atoms with van der Waals surface area (Å²) < 4.78 is 1.08. The lowest BCUT2D eigenvalue weighted by atomic mass is 10.0. The van der Waals surface area contributed by atoms with Crippen LogP contribution in [0.1, 0.15) is 32.4 Å². The van der Waals surface area contributed by atoms with Crippen LogP contribution in [-0.2, 0) is 0 Å². The second kappa shape index (κ2) is 4.99. The SMILES string of the molecule is CC1CN(c2ccc([C@H](C)O)cc2Br)CC1C. The number of aliphatic hydroxyl groups excluding tert-OH is 1. The molecular formula is C14H20BrNO. The minimum Gasteiger partial charge on any atom is -0.389 e. The van der Waals surface area contributed by atoms with E-state index in [2.05, 4.69) is 40.7 Å². The summed E-state index contributed by atoms with van der Waals surface area (Å²) in [7, 11) is 0. The van der Waals surface area contributed by atoms with Crippen LogP contribution in [-0.4, -0.2) is 18.2 Å². The van der Waals surface area contributed by atoms with Crippen LogP contribution in [0.25, 0.3) is 0 Å². The maximum atomic E-state index is 9.55. The van der Waals surface area contributed by atoms with Crippen molar-refractivity contribution in [3.05, 3.63) is 28.2 Å². The average molecular weight is 298 g/mol. The number of aliphatic hydroxyl groups is 1. The second-order valence-electron chi connectivity index (χ2n) is 5.25. The van der Waals surface area contributed by atoms with E-state index >= 15 is 0 Å². The molecule has 1 fully saturated rings. The lowest BCUT2D eigenvalue weighted by Gasteiger charge is -2.21. The Kier molecular flexibility index (Phi) is 3.79. The van der Waals surface area contributed by atoms with Gasteiger partial charge in [-0.05, 0) is 52.4 Å². The van der Waals surface area contributed by atoms with E-state index in [-0.39, 0.29) is 0 Å². The van der Waals surface area contributed by atoms with E-state index in [1.54, 1.807) is 6.92 Å². The molecule has 3 heteroatoms. The molecule has 0 saturated carbocycles. The monoisotopic (exact) mass is 297 g/mol. The van der Waals surface area contributed by atoms with Crippen LogP contribution in [0, 0.1) is 11.8 Å². The highest BCUT2D eigenvalue weighted by Gasteiger charge is 2.27. The summed E-state index contributed by atoms with van der Waals surface area (Å²) >= 11 is 3.61. The highest BCUT2D eigenvalue weighted by atomic mass is 79.9. The highest BCUT2D eigenvalue weighted by Crippen LogP contribution is 2.34. The Hall–Kier alpha value is -0.540. The van der Waals surface area contributed by atoms with Gasteiger partial charge in [-0.25, -0.2) is 0 Å².